The molecule has 0 unspecified atom stereocenters. The number of hydrogen-bond acceptors (Lipinski definition) is 8. The number of halogens is 3. The van der Waals surface area contributed by atoms with Gasteiger partial charge in [0.2, 0.25) is 5.95 Å². The van der Waals surface area contributed by atoms with Crippen molar-refractivity contribution in [2.24, 2.45) is 0 Å². The van der Waals surface area contributed by atoms with E-state index in [1.165, 1.54) is 17.0 Å². The molecule has 2 aromatic carbocycles. The van der Waals surface area contributed by atoms with E-state index in [1.54, 1.807) is 24.5 Å². The van der Waals surface area contributed by atoms with Gasteiger partial charge in [-0.3, -0.25) is 4.79 Å². The van der Waals surface area contributed by atoms with E-state index in [0.29, 0.717) is 18.8 Å². The summed E-state index contributed by atoms with van der Waals surface area (Å²) in [5, 5.41) is 13.4. The van der Waals surface area contributed by atoms with Crippen LogP contribution in [-0.4, -0.2) is 56.9 Å². The highest BCUT2D eigenvalue weighted by atomic mass is 19.1. The van der Waals surface area contributed by atoms with Gasteiger partial charge in [0.15, 0.2) is 17.4 Å². The number of rotatable bonds is 5. The van der Waals surface area contributed by atoms with Crippen LogP contribution < -0.4 is 15.0 Å². The van der Waals surface area contributed by atoms with Crippen molar-refractivity contribution in [2.75, 3.05) is 36.6 Å². The Bertz CT molecular complexity index is 1670. The molecule has 1 saturated heterocycles. The number of amides is 1. The van der Waals surface area contributed by atoms with Crippen LogP contribution in [0.3, 0.4) is 0 Å². The minimum absolute atomic E-state index is 0.0111. The number of hydrogen-bond donors (Lipinski definition) is 2. The molecule has 4 heterocycles. The third kappa shape index (κ3) is 4.31. The van der Waals surface area contributed by atoms with Gasteiger partial charge in [-0.05, 0) is 45.0 Å². The topological polar surface area (TPSA) is 115 Å². The second kappa shape index (κ2) is 9.45. The summed E-state index contributed by atoms with van der Waals surface area (Å²) in [5.74, 6) is -2.30. The summed E-state index contributed by atoms with van der Waals surface area (Å²) in [7, 11) is 0. The van der Waals surface area contributed by atoms with Gasteiger partial charge in [0.05, 0.1) is 30.1 Å². The molecule has 10 nitrogen and oxygen atoms in total. The molecule has 4 aromatic rings. The molecule has 0 radical (unpaired) electrons. The van der Waals surface area contributed by atoms with Gasteiger partial charge < -0.3 is 29.4 Å². The molecule has 0 saturated carbocycles. The van der Waals surface area contributed by atoms with Crippen LogP contribution in [0.5, 0.6) is 5.75 Å². The Labute approximate surface area is 226 Å². The molecule has 1 fully saturated rings. The average molecular weight is 555 g/mol. The van der Waals surface area contributed by atoms with Gasteiger partial charge in [0.1, 0.15) is 47.2 Å². The summed E-state index contributed by atoms with van der Waals surface area (Å²) in [6, 6.07) is 4.96. The van der Waals surface area contributed by atoms with Crippen LogP contribution in [0.15, 0.2) is 30.5 Å². The zero-order valence-electron chi connectivity index (χ0n) is 21.8. The molecule has 1 amide bonds. The summed E-state index contributed by atoms with van der Waals surface area (Å²) in [6.45, 7) is 5.67. The van der Waals surface area contributed by atoms with Crippen molar-refractivity contribution < 1.29 is 32.5 Å². The lowest BCUT2D eigenvalue weighted by Crippen LogP contribution is -2.41. The van der Waals surface area contributed by atoms with E-state index in [2.05, 4.69) is 20.3 Å². The minimum atomic E-state index is -1.37. The van der Waals surface area contributed by atoms with Crippen LogP contribution in [0.2, 0.25) is 0 Å². The Kier molecular flexibility index (Phi) is 6.15. The normalized spacial score (nSPS) is 17.3. The van der Waals surface area contributed by atoms with Gasteiger partial charge in [-0.1, -0.05) is 0 Å². The van der Waals surface area contributed by atoms with Crippen LogP contribution in [0.1, 0.15) is 32.6 Å². The molecule has 0 spiro atoms. The van der Waals surface area contributed by atoms with Crippen LogP contribution in [-0.2, 0) is 15.1 Å². The summed E-state index contributed by atoms with van der Waals surface area (Å²) >= 11 is 0. The van der Waals surface area contributed by atoms with Crippen LogP contribution in [0.25, 0.3) is 22.3 Å². The molecule has 40 heavy (non-hydrogen) atoms. The van der Waals surface area contributed by atoms with E-state index in [0.717, 1.165) is 12.3 Å². The number of carbonyl (C=O) groups excluding carboxylic acids is 1. The van der Waals surface area contributed by atoms with Gasteiger partial charge >= 0.3 is 0 Å². The Balaban J connectivity index is 1.40. The number of benzene rings is 2. The maximum atomic E-state index is 15.4. The second-order valence-corrected chi connectivity index (χ2v) is 10.2. The van der Waals surface area contributed by atoms with Crippen molar-refractivity contribution in [3.05, 3.63) is 53.7 Å². The highest BCUT2D eigenvalue weighted by Gasteiger charge is 2.35. The van der Waals surface area contributed by atoms with Crippen molar-refractivity contribution in [1.82, 2.24) is 19.5 Å². The lowest BCUT2D eigenvalue weighted by atomic mass is 10.1. The predicted molar refractivity (Wildman–Crippen MR) is 139 cm³/mol. The Morgan fingerprint density at radius 2 is 1.93 bits per heavy atom. The Morgan fingerprint density at radius 1 is 1.12 bits per heavy atom. The van der Waals surface area contributed by atoms with Crippen molar-refractivity contribution >= 4 is 34.3 Å². The molecule has 0 bridgehead atoms. The number of aromatic nitrogens is 4. The fourth-order valence-electron chi connectivity index (χ4n) is 4.97. The molecule has 1 atom stereocenters. The van der Waals surface area contributed by atoms with Gasteiger partial charge in [-0.15, -0.1) is 0 Å². The highest BCUT2D eigenvalue weighted by Crippen LogP contribution is 2.44. The summed E-state index contributed by atoms with van der Waals surface area (Å²) in [6.07, 6.45) is 0.892. The first-order valence-electron chi connectivity index (χ1n) is 12.6. The van der Waals surface area contributed by atoms with Crippen molar-refractivity contribution in [3.8, 4) is 17.0 Å². The first-order chi connectivity index (χ1) is 19.0. The van der Waals surface area contributed by atoms with Gasteiger partial charge in [-0.2, -0.15) is 0 Å². The number of nitrogens with one attached hydrogen (secondary N) is 1. The number of morpholine rings is 1. The van der Waals surface area contributed by atoms with Crippen LogP contribution >= 0.6 is 0 Å². The summed E-state index contributed by atoms with van der Waals surface area (Å²) < 4.78 is 58.2. The molecule has 13 heteroatoms. The molecule has 0 aliphatic carbocycles. The fourth-order valence-corrected chi connectivity index (χ4v) is 4.97. The molecular weight excluding hydrogens is 529 g/mol. The third-order valence-corrected chi connectivity index (χ3v) is 6.82. The lowest BCUT2D eigenvalue weighted by Gasteiger charge is -2.28. The molecule has 2 aromatic heterocycles. The van der Waals surface area contributed by atoms with Crippen LogP contribution in [0, 0.1) is 17.5 Å². The van der Waals surface area contributed by atoms with E-state index in [-0.39, 0.29) is 70.7 Å². The van der Waals surface area contributed by atoms with E-state index >= 15 is 8.78 Å². The van der Waals surface area contributed by atoms with Crippen molar-refractivity contribution in [1.29, 1.82) is 0 Å². The first kappa shape index (κ1) is 26.0. The molecule has 2 aliphatic rings. The summed E-state index contributed by atoms with van der Waals surface area (Å²) in [4.78, 5) is 26.0. The van der Waals surface area contributed by atoms with E-state index in [4.69, 9.17) is 9.47 Å². The third-order valence-electron chi connectivity index (χ3n) is 6.82. The van der Waals surface area contributed by atoms with Gasteiger partial charge in [0, 0.05) is 12.2 Å². The quantitative estimate of drug-likeness (QED) is 0.377. The fraction of sp³-hybridized carbons (Fsp3) is 0.333. The van der Waals surface area contributed by atoms with Crippen LogP contribution in [0.4, 0.5) is 30.5 Å². The number of carbonyl (C=O) groups is 1. The number of aliphatic hydroxyl groups is 1. The van der Waals surface area contributed by atoms with E-state index < -0.39 is 23.1 Å². The largest absolute Gasteiger partial charge is 0.488 e. The maximum Gasteiger partial charge on any atom is 0.253 e. The van der Waals surface area contributed by atoms with E-state index in [9.17, 15) is 14.3 Å². The zero-order valence-corrected chi connectivity index (χ0v) is 21.8. The molecule has 2 N–H and O–H groups in total. The van der Waals surface area contributed by atoms with Crippen molar-refractivity contribution in [2.45, 2.75) is 32.4 Å². The number of nitrogens with zero attached hydrogens (tertiary/aromatic N) is 5. The Morgan fingerprint density at radius 3 is 2.65 bits per heavy atom. The number of anilines is 3. The monoisotopic (exact) mass is 554 g/mol. The molecule has 2 aliphatic heterocycles. The Hall–Kier alpha value is -4.23. The standard InChI is InChI=1S/C27H25F3N6O4/c1-13-11-40-24-15(9-17(29)22-23(24)36(13)25(33-22)27(2,3)38)21-18(30)10-31-26(34-21)32-19-5-4-14(8-16(19)28)35-6-7-39-12-20(35)37/h4-5,8-10,13,38H,6-7,11-12H2,1-3H3,(H,31,32,34)/t13-/m0/s1. The number of imidazole rings is 1. The average Bonchev–Trinajstić information content (AvgIpc) is 3.33. The minimum Gasteiger partial charge on any atom is -0.488 e. The zero-order chi connectivity index (χ0) is 28.3. The predicted octanol–water partition coefficient (Wildman–Crippen LogP) is 4.20. The summed E-state index contributed by atoms with van der Waals surface area (Å²) in [5.41, 5.74) is -1.01. The molecule has 6 rings (SSSR count). The van der Waals surface area contributed by atoms with Crippen molar-refractivity contribution in [3.63, 3.8) is 0 Å². The van der Waals surface area contributed by atoms with Gasteiger partial charge in [0.25, 0.3) is 5.91 Å². The molecular formula is C27H25F3N6O4. The SMILES string of the molecule is C[C@H]1COc2c(-c3nc(Nc4ccc(N5CCOCC5=O)cc4F)ncc3F)cc(F)c3nc(C(C)(C)O)n1c23. The first-order valence-corrected chi connectivity index (χ1v) is 12.6. The van der Waals surface area contributed by atoms with E-state index in [1.807, 2.05) is 6.92 Å². The second-order valence-electron chi connectivity index (χ2n) is 10.2. The maximum absolute atomic E-state index is 15.4. The number of ether oxygens (including phenoxy) is 2. The van der Waals surface area contributed by atoms with Gasteiger partial charge in [-0.25, -0.2) is 28.1 Å². The lowest BCUT2D eigenvalue weighted by molar-refractivity contribution is -0.125. The highest BCUT2D eigenvalue weighted by molar-refractivity contribution is 5.95. The molecule has 208 valence electrons. The smallest absolute Gasteiger partial charge is 0.253 e.